The molecule has 0 atom stereocenters. The van der Waals surface area contributed by atoms with Crippen LogP contribution < -0.4 is 15.7 Å². The van der Waals surface area contributed by atoms with E-state index >= 15 is 0 Å². The Labute approximate surface area is 557 Å². The van der Waals surface area contributed by atoms with E-state index in [1.54, 1.807) is 30.9 Å². The molecule has 2 aromatic heterocycles. The molecule has 2 radical (unpaired) electrons. The lowest BCUT2D eigenvalue weighted by Gasteiger charge is -2.24. The Morgan fingerprint density at radius 2 is 0.624 bits per heavy atom. The van der Waals surface area contributed by atoms with E-state index in [1.807, 2.05) is 66.7 Å². The predicted molar refractivity (Wildman–Crippen MR) is 396 cm³/mol. The third kappa shape index (κ3) is 10.5. The molecule has 2 aliphatic rings. The maximum absolute atomic E-state index is 6.16. The smallest absolute Gasteiger partial charge is 0.234 e. The Morgan fingerprint density at radius 1 is 0.290 bits per heavy atom. The molecule has 436 valence electrons. The van der Waals surface area contributed by atoms with Crippen molar-refractivity contribution >= 4 is 117 Å². The Bertz CT molecular complexity index is 5260. The van der Waals surface area contributed by atoms with Crippen LogP contribution in [0, 0.1) is 0 Å². The zero-order valence-electron chi connectivity index (χ0n) is 50.1. The topological polar surface area (TPSA) is 66.8 Å². The molecule has 0 fully saturated rings. The van der Waals surface area contributed by atoms with Crippen molar-refractivity contribution in [2.45, 2.75) is 0 Å². The minimum atomic E-state index is 0.619. The number of benzene rings is 14. The molecular weight excluding hydrogens is 1260 g/mol. The van der Waals surface area contributed by atoms with Crippen LogP contribution in [0.15, 0.2) is 325 Å². The van der Waals surface area contributed by atoms with Crippen LogP contribution in [0.3, 0.4) is 0 Å². The summed E-state index contributed by atoms with van der Waals surface area (Å²) in [5.74, 6) is 1.25. The van der Waals surface area contributed by atoms with Gasteiger partial charge in [-0.15, -0.1) is 0 Å². The Balaban J connectivity index is 0.000000127. The molecule has 2 aliphatic carbocycles. The first-order valence-electron chi connectivity index (χ1n) is 30.8. The number of halogens is 2. The van der Waals surface area contributed by atoms with E-state index in [4.69, 9.17) is 7.85 Å². The molecule has 14 aromatic carbocycles. The SMILES string of the molecule is Brc1ccc(-c2c3c(c(-c4ccc(Br)cc4)c4ccccc24)-c2cccc4cccc-3c24)cc1.[B]c1ccc(-c2c3c(c(-c4ccc(N(c5ccccc5)c5ncccn5)cc4)c4ccccc24)-c2cccc4cccc-3c24)cc1.c1ccc(Nc2ncccn2)cc1. The molecule has 0 spiro atoms. The van der Waals surface area contributed by atoms with Crippen molar-refractivity contribution in [3.8, 4) is 89.0 Å². The van der Waals surface area contributed by atoms with E-state index in [0.717, 1.165) is 42.6 Å². The van der Waals surface area contributed by atoms with Gasteiger partial charge in [0.25, 0.3) is 0 Å². The van der Waals surface area contributed by atoms with Gasteiger partial charge in [0, 0.05) is 50.8 Å². The van der Waals surface area contributed by atoms with Gasteiger partial charge in [0.15, 0.2) is 0 Å². The molecule has 0 bridgehead atoms. The van der Waals surface area contributed by atoms with Crippen molar-refractivity contribution in [3.05, 3.63) is 325 Å². The van der Waals surface area contributed by atoms with Gasteiger partial charge in [-0.25, -0.2) is 19.9 Å². The number of fused-ring (bicyclic) bond motifs is 8. The molecule has 18 rings (SSSR count). The van der Waals surface area contributed by atoms with Crippen LogP contribution >= 0.6 is 31.9 Å². The maximum atomic E-state index is 6.16. The van der Waals surface area contributed by atoms with Crippen molar-refractivity contribution in [2.75, 3.05) is 10.2 Å². The molecule has 9 heteroatoms. The fraction of sp³-hybridized carbons (Fsp3) is 0. The largest absolute Gasteiger partial charge is 0.324 e. The average Bonchev–Trinajstić information content (AvgIpc) is 1.59. The molecule has 0 saturated heterocycles. The molecule has 16 aromatic rings. The predicted octanol–water partition coefficient (Wildman–Crippen LogP) is 22.7. The lowest BCUT2D eigenvalue weighted by atomic mass is 9.82. The van der Waals surface area contributed by atoms with Crippen LogP contribution in [0.5, 0.6) is 0 Å². The Morgan fingerprint density at radius 3 is 1.02 bits per heavy atom. The standard InChI is InChI=1S/C42H26BN3.C32H18Br2.C10H9N3/c43-30-21-17-28(18-22-30)38-33-13-4-5-14-34(33)39(41-36-16-7-10-27-9-6-15-35(37(27)36)40(38)41)29-19-23-32(24-20-29)46(31-11-2-1-3-12-31)42-44-25-8-26-45-42;33-22-15-11-20(12-16-22)29-24-7-1-2-8-25(24)30(21-13-17-23(34)18-14-21)32-27-10-4-6-19-5-3-9-26(28(19)27)31(29)32;1-2-5-9(6-3-1)13-10-11-7-4-8-12-10/h1-26H;1-18H;1-8H,(H,11,12,13). The number of hydrogen-bond acceptors (Lipinski definition) is 6. The van der Waals surface area contributed by atoms with Gasteiger partial charge in [-0.3, -0.25) is 4.90 Å². The highest BCUT2D eigenvalue weighted by atomic mass is 79.9. The molecule has 0 amide bonds. The van der Waals surface area contributed by atoms with E-state index in [-0.39, 0.29) is 0 Å². The van der Waals surface area contributed by atoms with Gasteiger partial charge in [0.05, 0.1) is 0 Å². The number of aromatic nitrogens is 4. The Hall–Kier alpha value is -11.1. The minimum absolute atomic E-state index is 0.619. The minimum Gasteiger partial charge on any atom is -0.324 e. The van der Waals surface area contributed by atoms with E-state index in [1.165, 1.54) is 121 Å². The molecule has 0 aliphatic heterocycles. The number of para-hydroxylation sites is 2. The summed E-state index contributed by atoms with van der Waals surface area (Å²) >= 11 is 7.24. The van der Waals surface area contributed by atoms with Crippen LogP contribution in [0.25, 0.3) is 132 Å². The summed E-state index contributed by atoms with van der Waals surface area (Å²) in [5.41, 5.74) is 24.1. The van der Waals surface area contributed by atoms with Crippen LogP contribution in [0.2, 0.25) is 0 Å². The van der Waals surface area contributed by atoms with Crippen molar-refractivity contribution in [1.29, 1.82) is 0 Å². The van der Waals surface area contributed by atoms with Gasteiger partial charge in [-0.2, -0.15) is 0 Å². The highest BCUT2D eigenvalue weighted by molar-refractivity contribution is 9.10. The van der Waals surface area contributed by atoms with E-state index in [2.05, 4.69) is 280 Å². The second-order valence-corrected chi connectivity index (χ2v) is 24.8. The van der Waals surface area contributed by atoms with Gasteiger partial charge in [0.1, 0.15) is 7.85 Å². The maximum Gasteiger partial charge on any atom is 0.234 e. The van der Waals surface area contributed by atoms with Gasteiger partial charge in [-0.05, 0) is 205 Å². The van der Waals surface area contributed by atoms with Crippen LogP contribution in [0.4, 0.5) is 29.0 Å². The first kappa shape index (κ1) is 57.1. The summed E-state index contributed by atoms with van der Waals surface area (Å²) in [5, 5.41) is 13.3. The summed E-state index contributed by atoms with van der Waals surface area (Å²) in [4.78, 5) is 19.4. The third-order valence-corrected chi connectivity index (χ3v) is 18.6. The fourth-order valence-corrected chi connectivity index (χ4v) is 14.2. The van der Waals surface area contributed by atoms with Crippen LogP contribution in [-0.4, -0.2) is 27.8 Å². The molecular formula is C84H53BBr2N6. The van der Waals surface area contributed by atoms with Gasteiger partial charge >= 0.3 is 0 Å². The van der Waals surface area contributed by atoms with Crippen LogP contribution in [0.1, 0.15) is 0 Å². The quantitative estimate of drug-likeness (QED) is 0.145. The molecule has 93 heavy (non-hydrogen) atoms. The summed E-state index contributed by atoms with van der Waals surface area (Å²) < 4.78 is 2.18. The normalized spacial score (nSPS) is 11.4. The van der Waals surface area contributed by atoms with Crippen molar-refractivity contribution in [1.82, 2.24) is 19.9 Å². The molecule has 6 nitrogen and oxygen atoms in total. The number of rotatable bonds is 9. The summed E-state index contributed by atoms with van der Waals surface area (Å²) in [6.45, 7) is 0. The zero-order chi connectivity index (χ0) is 62.4. The number of hydrogen-bond donors (Lipinski definition) is 1. The second kappa shape index (κ2) is 24.6. The van der Waals surface area contributed by atoms with Crippen molar-refractivity contribution in [2.24, 2.45) is 0 Å². The highest BCUT2D eigenvalue weighted by Crippen LogP contribution is 2.60. The monoisotopic (exact) mass is 1310 g/mol. The molecule has 2 heterocycles. The number of nitrogens with zero attached hydrogens (tertiary/aromatic N) is 5. The van der Waals surface area contributed by atoms with Gasteiger partial charge < -0.3 is 5.32 Å². The Kier molecular flexibility index (Phi) is 15.1. The van der Waals surface area contributed by atoms with E-state index < -0.39 is 0 Å². The number of anilines is 5. The summed E-state index contributed by atoms with van der Waals surface area (Å²) in [7, 11) is 6.16. The molecule has 1 N–H and O–H groups in total. The second-order valence-electron chi connectivity index (χ2n) is 23.0. The molecule has 0 unspecified atom stereocenters. The van der Waals surface area contributed by atoms with Crippen molar-refractivity contribution in [3.63, 3.8) is 0 Å². The van der Waals surface area contributed by atoms with E-state index in [0.29, 0.717) is 11.9 Å². The lowest BCUT2D eigenvalue weighted by molar-refractivity contribution is 1.08. The van der Waals surface area contributed by atoms with Crippen LogP contribution in [-0.2, 0) is 0 Å². The summed E-state index contributed by atoms with van der Waals surface area (Å²) in [6.07, 6.45) is 6.97. The summed E-state index contributed by atoms with van der Waals surface area (Å²) in [6, 6.07) is 103. The first-order valence-corrected chi connectivity index (χ1v) is 32.4. The van der Waals surface area contributed by atoms with Crippen molar-refractivity contribution < 1.29 is 0 Å². The highest BCUT2D eigenvalue weighted by Gasteiger charge is 2.32. The number of nitrogens with one attached hydrogen (secondary N) is 1. The average molecular weight is 1320 g/mol. The fourth-order valence-electron chi connectivity index (χ4n) is 13.7. The van der Waals surface area contributed by atoms with Gasteiger partial charge in [-0.1, -0.05) is 256 Å². The van der Waals surface area contributed by atoms with E-state index in [9.17, 15) is 0 Å². The zero-order valence-corrected chi connectivity index (χ0v) is 53.3. The third-order valence-electron chi connectivity index (χ3n) is 17.6. The first-order chi connectivity index (χ1) is 45.9. The van der Waals surface area contributed by atoms with Gasteiger partial charge in [0.2, 0.25) is 11.9 Å². The lowest BCUT2D eigenvalue weighted by Crippen LogP contribution is -2.12. The molecule has 0 saturated carbocycles.